The number of hydrogen-bond donors (Lipinski definition) is 1. The van der Waals surface area contributed by atoms with Gasteiger partial charge in [-0.15, -0.1) is 0 Å². The maximum atomic E-state index is 5.80. The van der Waals surface area contributed by atoms with Gasteiger partial charge in [0.2, 0.25) is 0 Å². The molecule has 1 atom stereocenters. The minimum absolute atomic E-state index is 0.397. The fourth-order valence-electron chi connectivity index (χ4n) is 2.33. The second-order valence-corrected chi connectivity index (χ2v) is 5.09. The number of nitrogens with one attached hydrogen (secondary N) is 1. The van der Waals surface area contributed by atoms with Crippen LogP contribution in [0.4, 0.5) is 0 Å². The molecular formula is C16H25NO3. The molecule has 0 bridgehead atoms. The average molecular weight is 279 g/mol. The van der Waals surface area contributed by atoms with Crippen LogP contribution in [-0.2, 0) is 16.0 Å². The predicted molar refractivity (Wildman–Crippen MR) is 79.1 cm³/mol. The van der Waals surface area contributed by atoms with E-state index in [-0.39, 0.29) is 0 Å². The van der Waals surface area contributed by atoms with Crippen LogP contribution in [0, 0.1) is 0 Å². The van der Waals surface area contributed by atoms with Crippen molar-refractivity contribution >= 4 is 0 Å². The van der Waals surface area contributed by atoms with Crippen LogP contribution in [0.25, 0.3) is 0 Å². The third kappa shape index (κ3) is 5.49. The Morgan fingerprint density at radius 2 is 2.30 bits per heavy atom. The van der Waals surface area contributed by atoms with Crippen molar-refractivity contribution in [2.45, 2.75) is 31.9 Å². The van der Waals surface area contributed by atoms with E-state index >= 15 is 0 Å². The highest BCUT2D eigenvalue weighted by Gasteiger charge is 2.14. The summed E-state index contributed by atoms with van der Waals surface area (Å²) in [5.41, 5.74) is 1.23. The molecule has 1 aromatic rings. The maximum absolute atomic E-state index is 5.80. The van der Waals surface area contributed by atoms with Crippen molar-refractivity contribution in [2.24, 2.45) is 0 Å². The molecule has 0 spiro atoms. The van der Waals surface area contributed by atoms with E-state index < -0.39 is 0 Å². The lowest BCUT2D eigenvalue weighted by Crippen LogP contribution is -2.18. The first-order chi connectivity index (χ1) is 9.88. The molecule has 1 unspecified atom stereocenters. The molecule has 4 heteroatoms. The zero-order valence-corrected chi connectivity index (χ0v) is 12.3. The second kappa shape index (κ2) is 8.95. The molecule has 0 saturated carbocycles. The van der Waals surface area contributed by atoms with Crippen LogP contribution >= 0.6 is 0 Å². The SMILES string of the molecule is COCCNCc1cccc(OCCC2CCCO2)c1. The molecular weight excluding hydrogens is 254 g/mol. The van der Waals surface area contributed by atoms with Gasteiger partial charge >= 0.3 is 0 Å². The summed E-state index contributed by atoms with van der Waals surface area (Å²) < 4.78 is 16.4. The Labute approximate surface area is 121 Å². The van der Waals surface area contributed by atoms with Crippen LogP contribution in [0.5, 0.6) is 5.75 Å². The smallest absolute Gasteiger partial charge is 0.119 e. The Kier molecular flexibility index (Phi) is 6.84. The van der Waals surface area contributed by atoms with E-state index in [1.165, 1.54) is 18.4 Å². The minimum Gasteiger partial charge on any atom is -0.493 e. The van der Waals surface area contributed by atoms with Crippen LogP contribution in [-0.4, -0.2) is 39.6 Å². The molecule has 0 radical (unpaired) electrons. The van der Waals surface area contributed by atoms with Gasteiger partial charge in [-0.2, -0.15) is 0 Å². The topological polar surface area (TPSA) is 39.7 Å². The van der Waals surface area contributed by atoms with Crippen molar-refractivity contribution in [3.63, 3.8) is 0 Å². The monoisotopic (exact) mass is 279 g/mol. The lowest BCUT2D eigenvalue weighted by atomic mass is 10.2. The summed E-state index contributed by atoms with van der Waals surface area (Å²) in [6.07, 6.45) is 3.74. The lowest BCUT2D eigenvalue weighted by molar-refractivity contribution is 0.0903. The molecule has 1 aliphatic heterocycles. The highest BCUT2D eigenvalue weighted by atomic mass is 16.5. The molecule has 2 rings (SSSR count). The molecule has 1 aliphatic rings. The molecule has 20 heavy (non-hydrogen) atoms. The highest BCUT2D eigenvalue weighted by Crippen LogP contribution is 2.17. The number of ether oxygens (including phenoxy) is 3. The molecule has 1 heterocycles. The van der Waals surface area contributed by atoms with Gasteiger partial charge in [0.25, 0.3) is 0 Å². The van der Waals surface area contributed by atoms with E-state index in [1.54, 1.807) is 7.11 Å². The van der Waals surface area contributed by atoms with Crippen molar-refractivity contribution in [2.75, 3.05) is 33.5 Å². The van der Waals surface area contributed by atoms with E-state index in [1.807, 2.05) is 12.1 Å². The summed E-state index contributed by atoms with van der Waals surface area (Å²) in [4.78, 5) is 0. The van der Waals surface area contributed by atoms with Crippen molar-refractivity contribution in [3.05, 3.63) is 29.8 Å². The van der Waals surface area contributed by atoms with E-state index in [0.717, 1.165) is 45.1 Å². The molecule has 1 aromatic carbocycles. The summed E-state index contributed by atoms with van der Waals surface area (Å²) in [6.45, 7) is 4.07. The molecule has 112 valence electrons. The third-order valence-corrected chi connectivity index (χ3v) is 3.44. The summed E-state index contributed by atoms with van der Waals surface area (Å²) >= 11 is 0. The molecule has 1 saturated heterocycles. The molecule has 0 aliphatic carbocycles. The van der Waals surface area contributed by atoms with Gasteiger partial charge in [0, 0.05) is 33.2 Å². The maximum Gasteiger partial charge on any atom is 0.119 e. The Bertz CT molecular complexity index is 378. The Hall–Kier alpha value is -1.10. The zero-order chi connectivity index (χ0) is 14.0. The first-order valence-electron chi connectivity index (χ1n) is 7.41. The summed E-state index contributed by atoms with van der Waals surface area (Å²) in [7, 11) is 1.71. The van der Waals surface area contributed by atoms with E-state index in [0.29, 0.717) is 6.10 Å². The van der Waals surface area contributed by atoms with Gasteiger partial charge < -0.3 is 19.5 Å². The van der Waals surface area contributed by atoms with Gasteiger partial charge in [-0.25, -0.2) is 0 Å². The quantitative estimate of drug-likeness (QED) is 0.705. The van der Waals surface area contributed by atoms with Crippen LogP contribution < -0.4 is 10.1 Å². The molecule has 1 fully saturated rings. The number of benzene rings is 1. The summed E-state index contributed by atoms with van der Waals surface area (Å²) in [6, 6.07) is 8.24. The first kappa shape index (κ1) is 15.3. The van der Waals surface area contributed by atoms with Gasteiger partial charge in [-0.3, -0.25) is 0 Å². The number of hydrogen-bond acceptors (Lipinski definition) is 4. The summed E-state index contributed by atoms with van der Waals surface area (Å²) in [5, 5.41) is 3.33. The van der Waals surface area contributed by atoms with Crippen LogP contribution in [0.1, 0.15) is 24.8 Å². The fraction of sp³-hybridized carbons (Fsp3) is 0.625. The molecule has 4 nitrogen and oxygen atoms in total. The number of methoxy groups -OCH3 is 1. The average Bonchev–Trinajstić information content (AvgIpc) is 2.97. The Morgan fingerprint density at radius 3 is 3.10 bits per heavy atom. The fourth-order valence-corrected chi connectivity index (χ4v) is 2.33. The van der Waals surface area contributed by atoms with Crippen LogP contribution in [0.3, 0.4) is 0 Å². The minimum atomic E-state index is 0.397. The predicted octanol–water partition coefficient (Wildman–Crippen LogP) is 2.37. The van der Waals surface area contributed by atoms with Gasteiger partial charge in [0.05, 0.1) is 19.3 Å². The van der Waals surface area contributed by atoms with Gasteiger partial charge in [-0.05, 0) is 30.5 Å². The standard InChI is InChI=1S/C16H25NO3/c1-18-11-8-17-13-14-4-2-5-16(12-14)20-10-7-15-6-3-9-19-15/h2,4-5,12,15,17H,3,6-11,13H2,1H3. The normalized spacial score (nSPS) is 18.4. The molecule has 0 aromatic heterocycles. The van der Waals surface area contributed by atoms with E-state index in [9.17, 15) is 0 Å². The van der Waals surface area contributed by atoms with Crippen molar-refractivity contribution < 1.29 is 14.2 Å². The Morgan fingerprint density at radius 1 is 1.35 bits per heavy atom. The second-order valence-electron chi connectivity index (χ2n) is 5.09. The third-order valence-electron chi connectivity index (χ3n) is 3.44. The Balaban J connectivity index is 1.68. The zero-order valence-electron chi connectivity index (χ0n) is 12.3. The highest BCUT2D eigenvalue weighted by molar-refractivity contribution is 5.28. The van der Waals surface area contributed by atoms with Gasteiger partial charge in [0.15, 0.2) is 0 Å². The van der Waals surface area contributed by atoms with Crippen LogP contribution in [0.2, 0.25) is 0 Å². The first-order valence-corrected chi connectivity index (χ1v) is 7.41. The van der Waals surface area contributed by atoms with E-state index in [2.05, 4.69) is 17.4 Å². The van der Waals surface area contributed by atoms with E-state index in [4.69, 9.17) is 14.2 Å². The molecule has 1 N–H and O–H groups in total. The van der Waals surface area contributed by atoms with Crippen molar-refractivity contribution in [1.82, 2.24) is 5.32 Å². The molecule has 0 amide bonds. The lowest BCUT2D eigenvalue weighted by Gasteiger charge is -2.11. The van der Waals surface area contributed by atoms with Crippen LogP contribution in [0.15, 0.2) is 24.3 Å². The largest absolute Gasteiger partial charge is 0.493 e. The van der Waals surface area contributed by atoms with Crippen molar-refractivity contribution in [1.29, 1.82) is 0 Å². The van der Waals surface area contributed by atoms with Crippen molar-refractivity contribution in [3.8, 4) is 5.75 Å². The summed E-state index contributed by atoms with van der Waals surface area (Å²) in [5.74, 6) is 0.939. The van der Waals surface area contributed by atoms with Gasteiger partial charge in [-0.1, -0.05) is 12.1 Å². The van der Waals surface area contributed by atoms with Gasteiger partial charge in [0.1, 0.15) is 5.75 Å². The number of rotatable bonds is 9.